The molecule has 4 amide bonds. The Morgan fingerprint density at radius 1 is 0.880 bits per heavy atom. The van der Waals surface area contributed by atoms with E-state index in [0.29, 0.717) is 78.5 Å². The number of aromatic nitrogens is 4. The summed E-state index contributed by atoms with van der Waals surface area (Å²) in [6.07, 6.45) is 4.36. The molecule has 0 aliphatic carbocycles. The van der Waals surface area contributed by atoms with Crippen molar-refractivity contribution in [1.29, 1.82) is 0 Å². The van der Waals surface area contributed by atoms with Crippen LogP contribution in [0.15, 0.2) is 91.0 Å². The molecule has 3 aliphatic rings. The van der Waals surface area contributed by atoms with E-state index in [0.717, 1.165) is 81.5 Å². The van der Waals surface area contributed by atoms with Crippen LogP contribution in [0.4, 0.5) is 16.6 Å². The van der Waals surface area contributed by atoms with Gasteiger partial charge in [0.15, 0.2) is 10.8 Å². The Labute approximate surface area is 440 Å². The van der Waals surface area contributed by atoms with Gasteiger partial charge < -0.3 is 19.7 Å². The van der Waals surface area contributed by atoms with E-state index in [9.17, 15) is 24.0 Å². The fourth-order valence-corrected chi connectivity index (χ4v) is 11.6. The zero-order valence-corrected chi connectivity index (χ0v) is 44.1. The molecule has 388 valence electrons. The average molecular weight is 1030 g/mol. The molecule has 3 N–H and O–H groups in total. The lowest BCUT2D eigenvalue weighted by Crippen LogP contribution is -2.39. The van der Waals surface area contributed by atoms with Gasteiger partial charge in [0.1, 0.15) is 17.2 Å². The molecule has 1 unspecified atom stereocenters. The quantitative estimate of drug-likeness (QED) is 0.0692. The molecule has 0 spiro atoms. The molecule has 3 aromatic heterocycles. The molecule has 3 aliphatic heterocycles. The minimum Gasteiger partial charge on any atom is -0.493 e. The third kappa shape index (κ3) is 11.4. The summed E-state index contributed by atoms with van der Waals surface area (Å²) >= 11 is 1.44. The molecule has 2 atom stereocenters. The summed E-state index contributed by atoms with van der Waals surface area (Å²) in [6, 6.07) is 29.0. The first-order chi connectivity index (χ1) is 36.0. The number of para-hydroxylation sites is 1. The van der Waals surface area contributed by atoms with Crippen molar-refractivity contribution < 1.29 is 33.4 Å². The van der Waals surface area contributed by atoms with Gasteiger partial charge in [-0.05, 0) is 162 Å². The molecular formula is C58H63N9O7S. The number of anilines is 3. The number of nitrogens with one attached hydrogen (secondary N) is 3. The van der Waals surface area contributed by atoms with E-state index in [1.165, 1.54) is 11.3 Å². The molecule has 0 saturated carbocycles. The molecule has 6 heterocycles. The number of thiazole rings is 1. The number of aryl methyl sites for hydroxylation is 1. The molecule has 7 aromatic rings. The Hall–Kier alpha value is -7.50. The molecule has 2 fully saturated rings. The predicted molar refractivity (Wildman–Crippen MR) is 291 cm³/mol. The first-order valence-electron chi connectivity index (χ1n) is 25.9. The maximum atomic E-state index is 14.1. The van der Waals surface area contributed by atoms with Crippen molar-refractivity contribution in [1.82, 2.24) is 30.0 Å². The van der Waals surface area contributed by atoms with Gasteiger partial charge in [-0.1, -0.05) is 54.7 Å². The number of ether oxygens (including phenoxy) is 2. The van der Waals surface area contributed by atoms with Crippen molar-refractivity contribution in [2.24, 2.45) is 18.9 Å². The van der Waals surface area contributed by atoms with Crippen LogP contribution < -0.4 is 25.6 Å². The van der Waals surface area contributed by atoms with E-state index < -0.39 is 17.5 Å². The fraction of sp³-hybridized carbons (Fsp3) is 0.379. The lowest BCUT2D eigenvalue weighted by molar-refractivity contribution is -0.134. The number of benzene rings is 4. The van der Waals surface area contributed by atoms with E-state index in [-0.39, 0.29) is 41.7 Å². The average Bonchev–Trinajstić information content (AvgIpc) is 3.96. The number of likely N-dealkylation sites (tertiary alicyclic amines) is 1. The summed E-state index contributed by atoms with van der Waals surface area (Å²) in [5.74, 6) is 0.215. The van der Waals surface area contributed by atoms with E-state index in [1.807, 2.05) is 120 Å². The fourth-order valence-electron chi connectivity index (χ4n) is 10.7. The minimum absolute atomic E-state index is 0.0865. The predicted octanol–water partition coefficient (Wildman–Crippen LogP) is 9.60. The van der Waals surface area contributed by atoms with Crippen LogP contribution in [0.25, 0.3) is 32.2 Å². The van der Waals surface area contributed by atoms with Crippen LogP contribution in [0.5, 0.6) is 5.75 Å². The Bertz CT molecular complexity index is 3320. The molecule has 75 heavy (non-hydrogen) atoms. The Morgan fingerprint density at radius 3 is 2.47 bits per heavy atom. The third-order valence-electron chi connectivity index (χ3n) is 14.5. The normalized spacial score (nSPS) is 16.9. The zero-order valence-electron chi connectivity index (χ0n) is 43.3. The number of rotatable bonds is 14. The minimum atomic E-state index is -0.754. The van der Waals surface area contributed by atoms with Gasteiger partial charge in [0.25, 0.3) is 5.91 Å². The number of hydrogen-bond acceptors (Lipinski definition) is 13. The van der Waals surface area contributed by atoms with Gasteiger partial charge in [0, 0.05) is 48.8 Å². The molecule has 17 heteroatoms. The van der Waals surface area contributed by atoms with Crippen molar-refractivity contribution in [3.05, 3.63) is 125 Å². The summed E-state index contributed by atoms with van der Waals surface area (Å²) in [5, 5.41) is 14.5. The van der Waals surface area contributed by atoms with Gasteiger partial charge in [-0.15, -0.1) is 0 Å². The van der Waals surface area contributed by atoms with E-state index in [2.05, 4.69) is 48.8 Å². The standard InChI is InChI=1S/C58H63N9O7S/c1-34(29-36-23-26-66(27-24-36)32-51(69)59-38-17-18-42-46(30-38)65(6)64-52(42)43-20-22-50(68)62-55(43)71)33-73-47-15-10-12-39(35(47)2)40-19-21-49(61-53(40)56(72)74-58(3,4)5)67-28-25-37-11-9-13-41(44(37)31-67)54(70)63-57-60-45-14-7-8-16-48(45)75-57/h7-19,21,30,34,36,43H,20,22-29,31-33H2,1-6H3,(H,59,69)(H,60,63,70)(H,62,68,71)/t34-,43?/m0/s1. The molecular weight excluding hydrogens is 967 g/mol. The van der Waals surface area contributed by atoms with Gasteiger partial charge in [-0.25, -0.2) is 14.8 Å². The molecule has 4 aromatic carbocycles. The van der Waals surface area contributed by atoms with Gasteiger partial charge >= 0.3 is 5.97 Å². The van der Waals surface area contributed by atoms with Crippen LogP contribution in [-0.2, 0) is 39.1 Å². The number of carbonyl (C=O) groups excluding carboxylic acids is 5. The highest BCUT2D eigenvalue weighted by atomic mass is 32.1. The van der Waals surface area contributed by atoms with E-state index >= 15 is 0 Å². The summed E-state index contributed by atoms with van der Waals surface area (Å²) in [5.41, 5.74) is 7.34. The summed E-state index contributed by atoms with van der Waals surface area (Å²) < 4.78 is 15.2. The first kappa shape index (κ1) is 51.0. The molecule has 0 bridgehead atoms. The zero-order chi connectivity index (χ0) is 52.5. The number of pyridine rings is 1. The number of hydrogen-bond donors (Lipinski definition) is 3. The Morgan fingerprint density at radius 2 is 1.68 bits per heavy atom. The Balaban J connectivity index is 0.752. The number of amides is 4. The van der Waals surface area contributed by atoms with Gasteiger partial charge in [0.05, 0.1) is 40.5 Å². The molecule has 16 nitrogen and oxygen atoms in total. The number of imide groups is 1. The number of esters is 1. The number of piperidine rings is 2. The van der Waals surface area contributed by atoms with Crippen LogP contribution in [-0.4, -0.2) is 92.6 Å². The smallest absolute Gasteiger partial charge is 0.358 e. The molecule has 2 saturated heterocycles. The first-order valence-corrected chi connectivity index (χ1v) is 26.7. The summed E-state index contributed by atoms with van der Waals surface area (Å²) in [7, 11) is 1.81. The maximum Gasteiger partial charge on any atom is 0.358 e. The lowest BCUT2D eigenvalue weighted by Gasteiger charge is -2.32. The Kier molecular flexibility index (Phi) is 14.5. The van der Waals surface area contributed by atoms with Crippen LogP contribution in [0.3, 0.4) is 0 Å². The second-order valence-corrected chi connectivity index (χ2v) is 22.2. The van der Waals surface area contributed by atoms with Crippen molar-refractivity contribution in [2.45, 2.75) is 91.2 Å². The van der Waals surface area contributed by atoms with Gasteiger partial charge in [0.2, 0.25) is 17.7 Å². The highest BCUT2D eigenvalue weighted by molar-refractivity contribution is 7.22. The van der Waals surface area contributed by atoms with Crippen molar-refractivity contribution in [2.75, 3.05) is 48.3 Å². The third-order valence-corrected chi connectivity index (χ3v) is 15.4. The van der Waals surface area contributed by atoms with Crippen LogP contribution in [0.1, 0.15) is 109 Å². The molecule has 10 rings (SSSR count). The van der Waals surface area contributed by atoms with Crippen LogP contribution in [0.2, 0.25) is 0 Å². The number of carbonyl (C=O) groups is 5. The second kappa shape index (κ2) is 21.4. The van der Waals surface area contributed by atoms with Crippen molar-refractivity contribution in [3.8, 4) is 16.9 Å². The summed E-state index contributed by atoms with van der Waals surface area (Å²) in [6.45, 7) is 13.3. The topological polar surface area (TPSA) is 190 Å². The second-order valence-electron chi connectivity index (χ2n) is 21.2. The largest absolute Gasteiger partial charge is 0.493 e. The van der Waals surface area contributed by atoms with E-state index in [4.69, 9.17) is 14.5 Å². The SMILES string of the molecule is Cc1c(OC[C@@H](C)CC2CCN(CC(=O)Nc3ccc4c(C5CCC(=O)NC5=O)nn(C)c4c3)CC2)cccc1-c1ccc(N2CCc3cccc(C(=O)Nc4nc5ccccc5s4)c3C2)nc1C(=O)OC(C)(C)C. The van der Waals surface area contributed by atoms with Crippen molar-refractivity contribution >= 4 is 78.7 Å². The van der Waals surface area contributed by atoms with Crippen LogP contribution in [0, 0.1) is 18.8 Å². The van der Waals surface area contributed by atoms with Gasteiger partial charge in [-0.3, -0.25) is 39.4 Å². The highest BCUT2D eigenvalue weighted by Crippen LogP contribution is 2.37. The molecule has 0 radical (unpaired) electrons. The van der Waals surface area contributed by atoms with E-state index in [1.54, 1.807) is 4.68 Å². The summed E-state index contributed by atoms with van der Waals surface area (Å²) in [4.78, 5) is 79.4. The number of nitrogens with zero attached hydrogens (tertiary/aromatic N) is 6. The lowest BCUT2D eigenvalue weighted by atomic mass is 9.88. The van der Waals surface area contributed by atoms with Crippen LogP contribution >= 0.6 is 11.3 Å². The highest BCUT2D eigenvalue weighted by Gasteiger charge is 2.33. The monoisotopic (exact) mass is 1030 g/mol. The number of fused-ring (bicyclic) bond motifs is 3. The van der Waals surface area contributed by atoms with Crippen molar-refractivity contribution in [3.63, 3.8) is 0 Å². The maximum absolute atomic E-state index is 14.1. The van der Waals surface area contributed by atoms with Gasteiger partial charge in [-0.2, -0.15) is 5.10 Å².